The number of hydrogen-bond acceptors (Lipinski definition) is 4. The Hall–Kier alpha value is -1.76. The Balaban J connectivity index is 2.39. The molecule has 0 aromatic heterocycles. The van der Waals surface area contributed by atoms with Crippen molar-refractivity contribution < 1.29 is 18.7 Å². The van der Waals surface area contributed by atoms with E-state index in [4.69, 9.17) is 4.74 Å². The van der Waals surface area contributed by atoms with Gasteiger partial charge in [-0.05, 0) is 30.7 Å². The second kappa shape index (κ2) is 12.6. The number of benzene rings is 1. The maximum absolute atomic E-state index is 12.5. The monoisotopic (exact) mass is 384 g/mol. The summed E-state index contributed by atoms with van der Waals surface area (Å²) in [6.07, 6.45) is 4.23. The number of halogens is 1. The van der Waals surface area contributed by atoms with Crippen LogP contribution in [0.4, 0.5) is 14.0 Å². The van der Waals surface area contributed by atoms with Gasteiger partial charge in [0.05, 0.1) is 18.7 Å². The molecule has 0 aliphatic carbocycles. The number of hydrogen-bond donors (Lipinski definition) is 0. The van der Waals surface area contributed by atoms with Crippen LogP contribution >= 0.6 is 12.1 Å². The summed E-state index contributed by atoms with van der Waals surface area (Å²) in [6, 6.07) is 10.4. The van der Waals surface area contributed by atoms with E-state index in [0.29, 0.717) is 24.7 Å². The molecule has 0 bridgehead atoms. The molecule has 0 aliphatic rings. The highest BCUT2D eigenvalue weighted by atomic mass is 32.2. The van der Waals surface area contributed by atoms with Crippen molar-refractivity contribution >= 4 is 24.4 Å². The first-order valence-corrected chi connectivity index (χ1v) is 9.75. The van der Waals surface area contributed by atoms with Crippen LogP contribution in [-0.2, 0) is 4.74 Å². The Morgan fingerprint density at radius 1 is 1.08 bits per heavy atom. The van der Waals surface area contributed by atoms with Gasteiger partial charge in [0, 0.05) is 14.1 Å². The molecule has 1 unspecified atom stereocenters. The van der Waals surface area contributed by atoms with Crippen molar-refractivity contribution in [2.24, 2.45) is 0 Å². The van der Waals surface area contributed by atoms with E-state index in [-0.39, 0.29) is 0 Å². The van der Waals surface area contributed by atoms with Crippen molar-refractivity contribution in [2.75, 3.05) is 20.7 Å². The molecule has 146 valence electrons. The molecule has 1 aromatic rings. The van der Waals surface area contributed by atoms with Gasteiger partial charge in [0.1, 0.15) is 0 Å². The van der Waals surface area contributed by atoms with Gasteiger partial charge in [0.15, 0.2) is 0 Å². The highest BCUT2D eigenvalue weighted by molar-refractivity contribution is 7.95. The Bertz CT molecular complexity index is 545. The molecule has 0 saturated heterocycles. The average molecular weight is 385 g/mol. The molecule has 0 saturated carbocycles. The van der Waals surface area contributed by atoms with Crippen molar-refractivity contribution in [1.82, 2.24) is 8.61 Å². The number of ether oxygens (including phenoxy) is 1. The van der Waals surface area contributed by atoms with E-state index in [2.05, 4.69) is 31.2 Å². The van der Waals surface area contributed by atoms with E-state index in [1.54, 1.807) is 0 Å². The smallest absolute Gasteiger partial charge is 0.420 e. The van der Waals surface area contributed by atoms with Crippen molar-refractivity contribution in [1.29, 1.82) is 0 Å². The summed E-state index contributed by atoms with van der Waals surface area (Å²) in [5.74, 6) is 0.462. The van der Waals surface area contributed by atoms with E-state index >= 15 is 0 Å². The van der Waals surface area contributed by atoms with E-state index in [1.807, 2.05) is 6.07 Å². The van der Waals surface area contributed by atoms with E-state index < -0.39 is 12.3 Å². The molecule has 0 aliphatic heterocycles. The molecule has 1 aromatic carbocycles. The molecule has 26 heavy (non-hydrogen) atoms. The third-order valence-corrected chi connectivity index (χ3v) is 4.88. The van der Waals surface area contributed by atoms with Crippen LogP contribution in [-0.4, -0.2) is 41.6 Å². The Morgan fingerprint density at radius 2 is 1.73 bits per heavy atom. The zero-order chi connectivity index (χ0) is 19.4. The Labute approximate surface area is 160 Å². The van der Waals surface area contributed by atoms with E-state index in [0.717, 1.165) is 27.9 Å². The van der Waals surface area contributed by atoms with Crippen molar-refractivity contribution in [3.05, 3.63) is 35.9 Å². The van der Waals surface area contributed by atoms with Crippen molar-refractivity contribution in [2.45, 2.75) is 51.4 Å². The number of nitrogens with zero attached hydrogens (tertiary/aromatic N) is 2. The van der Waals surface area contributed by atoms with Crippen LogP contribution in [0.15, 0.2) is 30.3 Å². The summed E-state index contributed by atoms with van der Waals surface area (Å²) in [4.78, 5) is 22.4. The maximum atomic E-state index is 12.5. The van der Waals surface area contributed by atoms with Crippen LogP contribution in [0.1, 0.15) is 56.9 Å². The summed E-state index contributed by atoms with van der Waals surface area (Å²) in [6.45, 7) is 2.49. The standard InChI is InChI=1S/C19H29FN2O3S/c1-4-5-7-11-17(16-12-8-6-9-13-16)14-10-15-25-19(24)22(3)26-21(2)18(20)23/h6,8-9,12-13,17H,4-5,7,10-11,14-15H2,1-3H3. The SMILES string of the molecule is CCCCCC(CCCOC(=O)N(C)SN(C)C(=O)F)c1ccccc1. The molecule has 2 amide bonds. The molecular formula is C19H29FN2O3S. The largest absolute Gasteiger partial charge is 0.449 e. The topological polar surface area (TPSA) is 49.9 Å². The summed E-state index contributed by atoms with van der Waals surface area (Å²) in [5.41, 5.74) is 1.32. The zero-order valence-electron chi connectivity index (χ0n) is 15.8. The minimum atomic E-state index is -1.62. The lowest BCUT2D eigenvalue weighted by molar-refractivity contribution is 0.129. The Morgan fingerprint density at radius 3 is 2.35 bits per heavy atom. The fraction of sp³-hybridized carbons (Fsp3) is 0.579. The Kier molecular flexibility index (Phi) is 10.8. The maximum Gasteiger partial charge on any atom is 0.420 e. The lowest BCUT2D eigenvalue weighted by Gasteiger charge is -2.20. The van der Waals surface area contributed by atoms with Crippen LogP contribution in [0, 0.1) is 0 Å². The highest BCUT2D eigenvalue weighted by Crippen LogP contribution is 2.27. The quantitative estimate of drug-likeness (QED) is 0.210. The molecule has 0 spiro atoms. The summed E-state index contributed by atoms with van der Waals surface area (Å²) in [7, 11) is 2.68. The molecule has 7 heteroatoms. The fourth-order valence-corrected chi connectivity index (χ4v) is 3.22. The molecule has 0 N–H and O–H groups in total. The molecule has 0 heterocycles. The van der Waals surface area contributed by atoms with Gasteiger partial charge in [-0.1, -0.05) is 56.5 Å². The average Bonchev–Trinajstić information content (AvgIpc) is 2.64. The van der Waals surface area contributed by atoms with E-state index in [1.165, 1.54) is 38.9 Å². The van der Waals surface area contributed by atoms with Gasteiger partial charge in [-0.2, -0.15) is 0 Å². The molecule has 1 atom stereocenters. The van der Waals surface area contributed by atoms with Gasteiger partial charge in [0.25, 0.3) is 0 Å². The second-order valence-corrected chi connectivity index (χ2v) is 7.45. The first-order valence-electron chi connectivity index (χ1n) is 9.02. The van der Waals surface area contributed by atoms with Crippen molar-refractivity contribution in [3.63, 3.8) is 0 Å². The third-order valence-electron chi connectivity index (χ3n) is 4.10. The van der Waals surface area contributed by atoms with Crippen LogP contribution in [0.5, 0.6) is 0 Å². The minimum Gasteiger partial charge on any atom is -0.449 e. The minimum absolute atomic E-state index is 0.300. The second-order valence-electron chi connectivity index (χ2n) is 6.19. The number of carbonyl (C=O) groups excluding carboxylic acids is 2. The molecular weight excluding hydrogens is 355 g/mol. The van der Waals surface area contributed by atoms with Gasteiger partial charge in [0.2, 0.25) is 0 Å². The molecule has 1 rings (SSSR count). The zero-order valence-corrected chi connectivity index (χ0v) is 16.6. The van der Waals surface area contributed by atoms with Gasteiger partial charge >= 0.3 is 12.3 Å². The van der Waals surface area contributed by atoms with Crippen LogP contribution < -0.4 is 0 Å². The first kappa shape index (κ1) is 22.3. The molecule has 0 radical (unpaired) electrons. The van der Waals surface area contributed by atoms with Crippen LogP contribution in [0.2, 0.25) is 0 Å². The van der Waals surface area contributed by atoms with Gasteiger partial charge in [-0.3, -0.25) is 0 Å². The lowest BCUT2D eigenvalue weighted by Crippen LogP contribution is -2.27. The third kappa shape index (κ3) is 8.56. The number of amides is 2. The van der Waals surface area contributed by atoms with Gasteiger partial charge in [-0.15, -0.1) is 4.39 Å². The van der Waals surface area contributed by atoms with Crippen LogP contribution in [0.3, 0.4) is 0 Å². The molecule has 0 fully saturated rings. The van der Waals surface area contributed by atoms with Crippen molar-refractivity contribution in [3.8, 4) is 0 Å². The summed E-state index contributed by atoms with van der Waals surface area (Å²) >= 11 is 0.658. The highest BCUT2D eigenvalue weighted by Gasteiger charge is 2.17. The van der Waals surface area contributed by atoms with Gasteiger partial charge < -0.3 is 4.74 Å². The van der Waals surface area contributed by atoms with Gasteiger partial charge in [-0.25, -0.2) is 18.2 Å². The summed E-state index contributed by atoms with van der Waals surface area (Å²) < 4.78 is 19.5. The number of rotatable bonds is 11. The van der Waals surface area contributed by atoms with Crippen LogP contribution in [0.25, 0.3) is 0 Å². The number of carbonyl (C=O) groups is 2. The van der Waals surface area contributed by atoms with E-state index in [9.17, 15) is 14.0 Å². The summed E-state index contributed by atoms with van der Waals surface area (Å²) in [5, 5.41) is 0. The molecule has 5 nitrogen and oxygen atoms in total. The predicted octanol–water partition coefficient (Wildman–Crippen LogP) is 5.78. The number of unbranched alkanes of at least 4 members (excludes halogenated alkanes) is 2. The lowest BCUT2D eigenvalue weighted by atomic mass is 9.89. The predicted molar refractivity (Wildman–Crippen MR) is 104 cm³/mol. The fourth-order valence-electron chi connectivity index (χ4n) is 2.67. The normalized spacial score (nSPS) is 11.7. The first-order chi connectivity index (χ1) is 12.5.